The van der Waals surface area contributed by atoms with Crippen molar-refractivity contribution in [2.45, 2.75) is 0 Å². The van der Waals surface area contributed by atoms with Gasteiger partial charge in [0.05, 0.1) is 0 Å². The van der Waals surface area contributed by atoms with Gasteiger partial charge in [-0.3, -0.25) is 0 Å². The van der Waals surface area contributed by atoms with E-state index in [9.17, 15) is 0 Å². The van der Waals surface area contributed by atoms with Crippen LogP contribution in [-0.2, 0) is 0 Å². The van der Waals surface area contributed by atoms with E-state index in [2.05, 4.69) is 0 Å². The number of hydrogen-bond donors (Lipinski definition) is 3. The summed E-state index contributed by atoms with van der Waals surface area (Å²) in [4.78, 5) is 24.7. The summed E-state index contributed by atoms with van der Waals surface area (Å²) >= 11 is 0. The fourth-order valence-electron chi connectivity index (χ4n) is 0. The Hall–Kier alpha value is 1.31. The topological polar surface area (TPSA) is 60.7 Å². The Morgan fingerprint density at radius 3 is 1.14 bits per heavy atom. The summed E-state index contributed by atoms with van der Waals surface area (Å²) in [5, 5.41) is 0. The Morgan fingerprint density at radius 2 is 1.14 bits per heavy atom. The minimum Gasteiger partial charge on any atom is -1.00 e. The molecule has 0 aromatic heterocycles. The summed E-state index contributed by atoms with van der Waals surface area (Å²) in [6.07, 6.45) is 0. The van der Waals surface area contributed by atoms with Crippen LogP contribution in [0.5, 0.6) is 0 Å². The Kier molecular flexibility index (Phi) is 3.63. The van der Waals surface area contributed by atoms with Crippen LogP contribution in [0, 0.1) is 0 Å². The van der Waals surface area contributed by atoms with Gasteiger partial charge in [0, 0.05) is 0 Å². The van der Waals surface area contributed by atoms with Crippen LogP contribution in [0.3, 0.4) is 0 Å². The molecule has 0 saturated carbocycles. The SMILES string of the molecule is CP(C)(O)(O)O.[H-].[Na+]. The average Bonchev–Trinajstić information content (AvgIpc) is 0.650. The van der Waals surface area contributed by atoms with Crippen molar-refractivity contribution in [3.8, 4) is 0 Å². The first-order valence-electron chi connectivity index (χ1n) is 1.49. The van der Waals surface area contributed by atoms with Crippen LogP contribution in [0.1, 0.15) is 1.43 Å². The summed E-state index contributed by atoms with van der Waals surface area (Å²) in [5.74, 6) is 0. The fourth-order valence-corrected chi connectivity index (χ4v) is 0. The van der Waals surface area contributed by atoms with Crippen LogP contribution < -0.4 is 29.6 Å². The molecule has 0 amide bonds. The van der Waals surface area contributed by atoms with Crippen LogP contribution in [0.4, 0.5) is 0 Å². The van der Waals surface area contributed by atoms with Crippen molar-refractivity contribution >= 4 is 7.28 Å². The minimum atomic E-state index is -4.05. The number of hydrogen-bond acceptors (Lipinski definition) is 3. The molecule has 42 valence electrons. The van der Waals surface area contributed by atoms with E-state index in [1.54, 1.807) is 0 Å². The first kappa shape index (κ1) is 11.2. The van der Waals surface area contributed by atoms with Gasteiger partial charge in [-0.05, 0) is 0 Å². The molecule has 0 unspecified atom stereocenters. The van der Waals surface area contributed by atoms with E-state index in [0.29, 0.717) is 0 Å². The Labute approximate surface area is 66.3 Å². The Morgan fingerprint density at radius 1 is 1.14 bits per heavy atom. The molecule has 5 heteroatoms. The van der Waals surface area contributed by atoms with Gasteiger partial charge < -0.3 is 1.43 Å². The van der Waals surface area contributed by atoms with E-state index >= 15 is 0 Å². The zero-order valence-electron chi connectivity index (χ0n) is 5.79. The second-order valence-corrected chi connectivity index (χ2v) is 5.75. The van der Waals surface area contributed by atoms with Crippen molar-refractivity contribution in [2.24, 2.45) is 0 Å². The monoisotopic (exact) mass is 136 g/mol. The van der Waals surface area contributed by atoms with Crippen LogP contribution in [0.15, 0.2) is 0 Å². The third-order valence-corrected chi connectivity index (χ3v) is 0. The minimum absolute atomic E-state index is 0. The first-order chi connectivity index (χ1) is 2.24. The molecule has 0 rings (SSSR count). The van der Waals surface area contributed by atoms with Gasteiger partial charge in [0.2, 0.25) is 0 Å². The normalized spacial score (nSPS) is 16.4. The molecule has 0 aromatic rings. The van der Waals surface area contributed by atoms with Crippen molar-refractivity contribution < 1.29 is 45.7 Å². The maximum absolute atomic E-state index is 8.23. The van der Waals surface area contributed by atoms with E-state index in [1.165, 1.54) is 0 Å². The number of rotatable bonds is 0. The molecular weight excluding hydrogens is 126 g/mol. The third-order valence-electron chi connectivity index (χ3n) is 0. The van der Waals surface area contributed by atoms with E-state index < -0.39 is 7.28 Å². The molecule has 0 aliphatic rings. The second kappa shape index (κ2) is 2.28. The molecule has 0 fully saturated rings. The summed E-state index contributed by atoms with van der Waals surface area (Å²) in [6, 6.07) is 0. The molecule has 0 aliphatic carbocycles. The van der Waals surface area contributed by atoms with Gasteiger partial charge in [-0.2, -0.15) is 0 Å². The summed E-state index contributed by atoms with van der Waals surface area (Å²) in [5.41, 5.74) is 0. The van der Waals surface area contributed by atoms with E-state index in [0.717, 1.165) is 13.3 Å². The standard InChI is InChI=1S/C2H9O3P.Na.H/c1-6(2,3,4)5;;/h3-5H,1-2H3;;/q;+1;-1. The van der Waals surface area contributed by atoms with Gasteiger partial charge >= 0.3 is 64.9 Å². The molecule has 7 heavy (non-hydrogen) atoms. The molecule has 0 aliphatic heterocycles. The molecule has 0 radical (unpaired) electrons. The van der Waals surface area contributed by atoms with E-state index in [4.69, 9.17) is 14.7 Å². The zero-order chi connectivity index (χ0) is 5.45. The van der Waals surface area contributed by atoms with Crippen molar-refractivity contribution in [3.05, 3.63) is 0 Å². The summed E-state index contributed by atoms with van der Waals surface area (Å²) in [7, 11) is -4.05. The van der Waals surface area contributed by atoms with E-state index in [1.807, 2.05) is 0 Å². The molecule has 3 N–H and O–H groups in total. The van der Waals surface area contributed by atoms with Crippen molar-refractivity contribution in [3.63, 3.8) is 0 Å². The molecule has 3 nitrogen and oxygen atoms in total. The van der Waals surface area contributed by atoms with E-state index in [-0.39, 0.29) is 31.0 Å². The third kappa shape index (κ3) is 120. The quantitative estimate of drug-likeness (QED) is 0.241. The maximum Gasteiger partial charge on any atom is 1.00 e. The smallest absolute Gasteiger partial charge is 1.00 e. The first-order valence-corrected chi connectivity index (χ1v) is 4.48. The average molecular weight is 136 g/mol. The van der Waals surface area contributed by atoms with Crippen LogP contribution in [0.25, 0.3) is 0 Å². The molecule has 0 heterocycles. The largest absolute Gasteiger partial charge is 1.00 e. The van der Waals surface area contributed by atoms with Gasteiger partial charge in [0.1, 0.15) is 0 Å². The predicted octanol–water partition coefficient (Wildman–Crippen LogP) is -3.36. The molecule has 0 bridgehead atoms. The zero-order valence-corrected chi connectivity index (χ0v) is 7.68. The van der Waals surface area contributed by atoms with Crippen LogP contribution >= 0.6 is 7.28 Å². The summed E-state index contributed by atoms with van der Waals surface area (Å²) < 4.78 is 0. The van der Waals surface area contributed by atoms with Crippen LogP contribution in [-0.4, -0.2) is 28.0 Å². The Bertz CT molecular complexity index is 50.5. The fraction of sp³-hybridized carbons (Fsp3) is 1.00. The van der Waals surface area contributed by atoms with Crippen LogP contribution in [0.2, 0.25) is 0 Å². The predicted molar refractivity (Wildman–Crippen MR) is 26.5 cm³/mol. The second-order valence-electron chi connectivity index (χ2n) is 1.92. The molecule has 0 saturated heterocycles. The molecule has 0 atom stereocenters. The van der Waals surface area contributed by atoms with Gasteiger partial charge in [-0.15, -0.1) is 0 Å². The van der Waals surface area contributed by atoms with Gasteiger partial charge in [-0.25, -0.2) is 0 Å². The van der Waals surface area contributed by atoms with Crippen molar-refractivity contribution in [2.75, 3.05) is 13.3 Å². The molecular formula is C2H10NaO3P. The van der Waals surface area contributed by atoms with Crippen molar-refractivity contribution in [1.82, 2.24) is 0 Å². The van der Waals surface area contributed by atoms with Gasteiger partial charge in [-0.1, -0.05) is 0 Å². The molecule has 0 aromatic carbocycles. The van der Waals surface area contributed by atoms with Gasteiger partial charge in [0.25, 0.3) is 0 Å². The van der Waals surface area contributed by atoms with Gasteiger partial charge in [0.15, 0.2) is 0 Å². The summed E-state index contributed by atoms with van der Waals surface area (Å²) in [6.45, 7) is 2.01. The maximum atomic E-state index is 8.23. The van der Waals surface area contributed by atoms with Crippen molar-refractivity contribution in [1.29, 1.82) is 0 Å². The Balaban J connectivity index is -0.000000125. The molecule has 0 spiro atoms.